The van der Waals surface area contributed by atoms with Crippen LogP contribution in [-0.2, 0) is 9.47 Å². The van der Waals surface area contributed by atoms with Gasteiger partial charge in [0.1, 0.15) is 5.82 Å². The zero-order chi connectivity index (χ0) is 13.8. The molecule has 0 amide bonds. The van der Waals surface area contributed by atoms with Crippen LogP contribution in [0.2, 0.25) is 0 Å². The van der Waals surface area contributed by atoms with Gasteiger partial charge in [0.2, 0.25) is 0 Å². The van der Waals surface area contributed by atoms with E-state index in [-0.39, 0.29) is 12.1 Å². The van der Waals surface area contributed by atoms with Gasteiger partial charge >= 0.3 is 0 Å². The van der Waals surface area contributed by atoms with E-state index in [9.17, 15) is 4.39 Å². The minimum absolute atomic E-state index is 0.158. The molecule has 1 aliphatic rings. The van der Waals surface area contributed by atoms with Crippen molar-refractivity contribution in [1.82, 2.24) is 0 Å². The van der Waals surface area contributed by atoms with E-state index in [4.69, 9.17) is 9.47 Å². The van der Waals surface area contributed by atoms with Gasteiger partial charge in [-0.15, -0.1) is 0 Å². The van der Waals surface area contributed by atoms with Crippen molar-refractivity contribution in [1.29, 1.82) is 0 Å². The Bertz CT molecular complexity index is 418. The number of methoxy groups -OCH3 is 2. The molecule has 1 aliphatic heterocycles. The van der Waals surface area contributed by atoms with E-state index in [2.05, 4.69) is 20.8 Å². The van der Waals surface area contributed by atoms with Gasteiger partial charge in [-0.25, -0.2) is 4.39 Å². The summed E-state index contributed by atoms with van der Waals surface area (Å²) in [6, 6.07) is 5.05. The molecule has 0 bridgehead atoms. The first-order chi connectivity index (χ1) is 9.15. The van der Waals surface area contributed by atoms with E-state index in [1.54, 1.807) is 20.3 Å². The average molecular weight is 332 g/mol. The van der Waals surface area contributed by atoms with Gasteiger partial charge in [0.05, 0.1) is 5.69 Å². The highest BCUT2D eigenvalue weighted by Crippen LogP contribution is 2.30. The van der Waals surface area contributed by atoms with Crippen LogP contribution in [0.5, 0.6) is 0 Å². The molecule has 0 N–H and O–H groups in total. The van der Waals surface area contributed by atoms with E-state index in [1.807, 2.05) is 6.07 Å². The van der Waals surface area contributed by atoms with Gasteiger partial charge in [-0.2, -0.15) is 0 Å². The number of nitrogens with zero attached hydrogens (tertiary/aromatic N) is 1. The standard InChI is InChI=1S/C14H19BrFNO2/c1-18-14(19-2)10-5-7-17(8-6-10)13-9-11(15)3-4-12(13)16/h3-4,9-10,14H,5-8H2,1-2H3. The molecule has 1 aromatic carbocycles. The number of piperidine rings is 1. The molecular weight excluding hydrogens is 313 g/mol. The summed E-state index contributed by atoms with van der Waals surface area (Å²) in [5.74, 6) is 0.207. The minimum Gasteiger partial charge on any atom is -0.369 e. The number of rotatable bonds is 4. The number of anilines is 1. The van der Waals surface area contributed by atoms with Crippen molar-refractivity contribution < 1.29 is 13.9 Å². The molecule has 1 saturated heterocycles. The zero-order valence-electron chi connectivity index (χ0n) is 11.2. The second-order valence-electron chi connectivity index (χ2n) is 4.76. The molecule has 3 nitrogen and oxygen atoms in total. The first-order valence-electron chi connectivity index (χ1n) is 6.41. The van der Waals surface area contributed by atoms with Gasteiger partial charge in [-0.1, -0.05) is 15.9 Å². The molecule has 1 aromatic rings. The molecule has 106 valence electrons. The van der Waals surface area contributed by atoms with Crippen LogP contribution in [0.4, 0.5) is 10.1 Å². The van der Waals surface area contributed by atoms with Crippen LogP contribution >= 0.6 is 15.9 Å². The highest BCUT2D eigenvalue weighted by atomic mass is 79.9. The molecule has 0 atom stereocenters. The van der Waals surface area contributed by atoms with E-state index in [0.29, 0.717) is 11.6 Å². The number of halogens is 2. The van der Waals surface area contributed by atoms with Gasteiger partial charge < -0.3 is 14.4 Å². The molecule has 0 unspecified atom stereocenters. The fourth-order valence-electron chi connectivity index (χ4n) is 2.62. The van der Waals surface area contributed by atoms with Crippen molar-refractivity contribution in [2.45, 2.75) is 19.1 Å². The van der Waals surface area contributed by atoms with E-state index < -0.39 is 0 Å². The maximum Gasteiger partial charge on any atom is 0.159 e. The molecule has 0 aromatic heterocycles. The van der Waals surface area contributed by atoms with Crippen LogP contribution in [0.15, 0.2) is 22.7 Å². The molecule has 0 radical (unpaired) electrons. The predicted molar refractivity (Wildman–Crippen MR) is 76.8 cm³/mol. The van der Waals surface area contributed by atoms with Crippen LogP contribution in [-0.4, -0.2) is 33.6 Å². The van der Waals surface area contributed by atoms with Gasteiger partial charge in [0.25, 0.3) is 0 Å². The first-order valence-corrected chi connectivity index (χ1v) is 7.20. The van der Waals surface area contributed by atoms with Crippen molar-refractivity contribution in [3.8, 4) is 0 Å². The Morgan fingerprint density at radius 3 is 2.47 bits per heavy atom. The summed E-state index contributed by atoms with van der Waals surface area (Å²) in [5, 5.41) is 0. The fourth-order valence-corrected chi connectivity index (χ4v) is 2.97. The SMILES string of the molecule is COC(OC)C1CCN(c2cc(Br)ccc2F)CC1. The largest absolute Gasteiger partial charge is 0.369 e. The third-order valence-electron chi connectivity index (χ3n) is 3.64. The Kier molecular flexibility index (Phi) is 5.19. The van der Waals surface area contributed by atoms with Crippen LogP contribution in [0, 0.1) is 11.7 Å². The lowest BCUT2D eigenvalue weighted by Crippen LogP contribution is -2.39. The monoisotopic (exact) mass is 331 g/mol. The number of hydrogen-bond donors (Lipinski definition) is 0. The number of benzene rings is 1. The third kappa shape index (κ3) is 3.46. The zero-order valence-corrected chi connectivity index (χ0v) is 12.8. The normalized spacial score (nSPS) is 17.2. The van der Waals surface area contributed by atoms with Crippen LogP contribution < -0.4 is 4.90 Å². The van der Waals surface area contributed by atoms with Crippen LogP contribution in [0.3, 0.4) is 0 Å². The Morgan fingerprint density at radius 1 is 1.26 bits per heavy atom. The smallest absolute Gasteiger partial charge is 0.159 e. The molecule has 0 aliphatic carbocycles. The van der Waals surface area contributed by atoms with Crippen molar-refractivity contribution in [3.63, 3.8) is 0 Å². The Balaban J connectivity index is 2.01. The van der Waals surface area contributed by atoms with Crippen LogP contribution in [0.25, 0.3) is 0 Å². The summed E-state index contributed by atoms with van der Waals surface area (Å²) in [6.45, 7) is 1.64. The summed E-state index contributed by atoms with van der Waals surface area (Å²) in [6.07, 6.45) is 1.73. The van der Waals surface area contributed by atoms with E-state index >= 15 is 0 Å². The highest BCUT2D eigenvalue weighted by Gasteiger charge is 2.27. The van der Waals surface area contributed by atoms with Crippen molar-refractivity contribution >= 4 is 21.6 Å². The summed E-state index contributed by atoms with van der Waals surface area (Å²) < 4.78 is 25.3. The Hall–Kier alpha value is -0.650. The maximum atomic E-state index is 13.8. The van der Waals surface area contributed by atoms with Gasteiger partial charge in [0, 0.05) is 37.7 Å². The topological polar surface area (TPSA) is 21.7 Å². The lowest BCUT2D eigenvalue weighted by Gasteiger charge is -2.36. The summed E-state index contributed by atoms with van der Waals surface area (Å²) in [7, 11) is 3.32. The first kappa shape index (κ1) is 14.8. The molecule has 2 rings (SSSR count). The van der Waals surface area contributed by atoms with Gasteiger partial charge in [0.15, 0.2) is 6.29 Å². The maximum absolute atomic E-state index is 13.8. The Morgan fingerprint density at radius 2 is 1.89 bits per heavy atom. The van der Waals surface area contributed by atoms with Crippen molar-refractivity contribution in [2.75, 3.05) is 32.2 Å². The second-order valence-corrected chi connectivity index (χ2v) is 5.68. The molecule has 0 saturated carbocycles. The van der Waals surface area contributed by atoms with E-state index in [1.165, 1.54) is 6.07 Å². The highest BCUT2D eigenvalue weighted by molar-refractivity contribution is 9.10. The summed E-state index contributed by atoms with van der Waals surface area (Å²) >= 11 is 3.39. The molecule has 5 heteroatoms. The summed E-state index contributed by atoms with van der Waals surface area (Å²) in [4.78, 5) is 2.08. The molecule has 1 fully saturated rings. The average Bonchev–Trinajstić information content (AvgIpc) is 2.44. The van der Waals surface area contributed by atoms with Crippen molar-refractivity contribution in [2.24, 2.45) is 5.92 Å². The molecular formula is C14H19BrFNO2. The number of hydrogen-bond acceptors (Lipinski definition) is 3. The second kappa shape index (κ2) is 6.68. The molecule has 0 spiro atoms. The molecule has 19 heavy (non-hydrogen) atoms. The third-order valence-corrected chi connectivity index (χ3v) is 4.13. The van der Waals surface area contributed by atoms with Gasteiger partial charge in [-0.05, 0) is 31.0 Å². The lowest BCUT2D eigenvalue weighted by molar-refractivity contribution is -0.141. The summed E-state index contributed by atoms with van der Waals surface area (Å²) in [5.41, 5.74) is 0.666. The van der Waals surface area contributed by atoms with Crippen LogP contribution in [0.1, 0.15) is 12.8 Å². The van der Waals surface area contributed by atoms with E-state index in [0.717, 1.165) is 30.4 Å². The Labute approximate surface area is 121 Å². The predicted octanol–water partition coefficient (Wildman–Crippen LogP) is 3.42. The van der Waals surface area contributed by atoms with Gasteiger partial charge in [-0.3, -0.25) is 0 Å². The fraction of sp³-hybridized carbons (Fsp3) is 0.571. The minimum atomic E-state index is -0.170. The number of ether oxygens (including phenoxy) is 2. The molecule has 1 heterocycles. The quantitative estimate of drug-likeness (QED) is 0.789. The van der Waals surface area contributed by atoms with Crippen molar-refractivity contribution in [3.05, 3.63) is 28.5 Å². The lowest BCUT2D eigenvalue weighted by atomic mass is 9.95.